The number of aromatic nitrogens is 3. The second-order valence-corrected chi connectivity index (χ2v) is 13.0. The van der Waals surface area contributed by atoms with Crippen LogP contribution >= 0.6 is 11.6 Å². The molecule has 46 heavy (non-hydrogen) atoms. The molecule has 1 amide bonds. The molecule has 1 unspecified atom stereocenters. The Hall–Kier alpha value is -3.59. The number of nitrogens with zero attached hydrogens (tertiary/aromatic N) is 6. The van der Waals surface area contributed by atoms with Gasteiger partial charge in [-0.15, -0.1) is 0 Å². The molecule has 3 saturated heterocycles. The van der Waals surface area contributed by atoms with Crippen LogP contribution in [-0.2, 0) is 9.47 Å². The number of H-pyrrole nitrogens is 1. The fourth-order valence-electron chi connectivity index (χ4n) is 7.39. The first-order valence-corrected chi connectivity index (χ1v) is 16.1. The van der Waals surface area contributed by atoms with Gasteiger partial charge >= 0.3 is 6.09 Å². The molecule has 15 heteroatoms. The van der Waals surface area contributed by atoms with Crippen molar-refractivity contribution in [2.75, 3.05) is 58.4 Å². The van der Waals surface area contributed by atoms with E-state index in [0.29, 0.717) is 58.9 Å². The number of pyridine rings is 1. The number of hydrogen-bond donors (Lipinski definition) is 3. The first-order chi connectivity index (χ1) is 22.3. The van der Waals surface area contributed by atoms with E-state index in [-0.39, 0.29) is 37.2 Å². The molecular weight excluding hydrogens is 622 g/mol. The van der Waals surface area contributed by atoms with Crippen LogP contribution in [0.15, 0.2) is 29.5 Å². The number of benzene rings is 1. The third-order valence-electron chi connectivity index (χ3n) is 9.67. The summed E-state index contributed by atoms with van der Waals surface area (Å²) in [5, 5.41) is 20.3. The molecule has 4 aliphatic heterocycles. The third kappa shape index (κ3) is 5.65. The van der Waals surface area contributed by atoms with E-state index in [9.17, 15) is 9.18 Å². The van der Waals surface area contributed by atoms with Gasteiger partial charge in [-0.1, -0.05) is 11.6 Å². The van der Waals surface area contributed by atoms with Gasteiger partial charge in [-0.05, 0) is 44.4 Å². The van der Waals surface area contributed by atoms with Crippen LogP contribution in [0.25, 0.3) is 22.2 Å². The van der Waals surface area contributed by atoms with Gasteiger partial charge in [0, 0.05) is 60.8 Å². The summed E-state index contributed by atoms with van der Waals surface area (Å²) < 4.78 is 42.7. The Morgan fingerprint density at radius 3 is 2.96 bits per heavy atom. The maximum Gasteiger partial charge on any atom is 0.409 e. The van der Waals surface area contributed by atoms with E-state index in [4.69, 9.17) is 31.2 Å². The molecule has 0 radical (unpaired) electrons. The average molecular weight is 659 g/mol. The van der Waals surface area contributed by atoms with Gasteiger partial charge in [-0.2, -0.15) is 5.10 Å². The van der Waals surface area contributed by atoms with E-state index in [1.165, 1.54) is 4.90 Å². The number of nitrogens with one attached hydrogen (secondary N) is 2. The standard InChI is InChI=1S/C31H37ClF2N8O4/c1-40(30(44)45-9-8-43)20-4-2-6-41(16-20)28-23-13-35-26(21-10-18(32)11-24-22(21)14-36-39-24)25(34)27(23)37-29(38-28)46-17-31-5-3-7-42(31)15-19(33)12-31/h10-11,13-14,19-20,29,37,43H,2-9,12,15-17H2,1H3,(H,36,39)/t19-,20-,29?,31+/m1/s1. The van der Waals surface area contributed by atoms with Crippen molar-refractivity contribution < 1.29 is 28.2 Å². The van der Waals surface area contributed by atoms with Crippen LogP contribution in [0.1, 0.15) is 37.7 Å². The molecule has 246 valence electrons. The Balaban J connectivity index is 1.22. The molecule has 3 N–H and O–H groups in total. The van der Waals surface area contributed by atoms with E-state index in [1.54, 1.807) is 31.6 Å². The molecule has 1 aromatic carbocycles. The summed E-state index contributed by atoms with van der Waals surface area (Å²) in [5.41, 5.74) is 1.48. The van der Waals surface area contributed by atoms with E-state index in [1.807, 2.05) is 4.90 Å². The summed E-state index contributed by atoms with van der Waals surface area (Å²) in [7, 11) is 1.67. The van der Waals surface area contributed by atoms with E-state index in [0.717, 1.165) is 32.2 Å². The average Bonchev–Trinajstić information content (AvgIpc) is 3.76. The Kier molecular flexibility index (Phi) is 8.46. The number of aromatic amines is 1. The lowest BCUT2D eigenvalue weighted by Gasteiger charge is -2.40. The van der Waals surface area contributed by atoms with Gasteiger partial charge in [0.1, 0.15) is 24.3 Å². The van der Waals surface area contributed by atoms with Crippen LogP contribution in [0.2, 0.25) is 5.02 Å². The highest BCUT2D eigenvalue weighted by Gasteiger charge is 2.49. The van der Waals surface area contributed by atoms with E-state index in [2.05, 4.69) is 25.4 Å². The summed E-state index contributed by atoms with van der Waals surface area (Å²) in [6.07, 6.45) is 4.52. The van der Waals surface area contributed by atoms with Gasteiger partial charge < -0.3 is 29.7 Å². The van der Waals surface area contributed by atoms with Gasteiger partial charge in [0.25, 0.3) is 0 Å². The molecule has 0 spiro atoms. The minimum atomic E-state index is -0.941. The number of anilines is 1. The number of aliphatic hydroxyl groups excluding tert-OH is 1. The Bertz CT molecular complexity index is 1660. The molecule has 12 nitrogen and oxygen atoms in total. The Morgan fingerprint density at radius 2 is 2.11 bits per heavy atom. The Morgan fingerprint density at radius 1 is 1.24 bits per heavy atom. The normalized spacial score (nSPS) is 26.1. The first-order valence-electron chi connectivity index (χ1n) is 15.7. The van der Waals surface area contributed by atoms with Gasteiger partial charge in [-0.3, -0.25) is 15.0 Å². The van der Waals surface area contributed by atoms with Crippen molar-refractivity contribution in [2.24, 2.45) is 4.99 Å². The molecule has 7 rings (SSSR count). The topological polar surface area (TPSA) is 131 Å². The number of ether oxygens (including phenoxy) is 2. The van der Waals surface area contributed by atoms with Crippen LogP contribution in [-0.4, -0.2) is 124 Å². The van der Waals surface area contributed by atoms with Crippen molar-refractivity contribution in [2.45, 2.75) is 56.2 Å². The lowest BCUT2D eigenvalue weighted by atomic mass is 9.95. The van der Waals surface area contributed by atoms with Crippen molar-refractivity contribution >= 4 is 40.1 Å². The number of halogens is 3. The zero-order valence-electron chi connectivity index (χ0n) is 25.5. The van der Waals surface area contributed by atoms with Gasteiger partial charge in [0.05, 0.1) is 42.2 Å². The van der Waals surface area contributed by atoms with Crippen molar-refractivity contribution in [3.8, 4) is 11.3 Å². The first kappa shape index (κ1) is 31.0. The number of rotatable bonds is 7. The van der Waals surface area contributed by atoms with Crippen LogP contribution < -0.4 is 5.32 Å². The third-order valence-corrected chi connectivity index (χ3v) is 9.88. The quantitative estimate of drug-likeness (QED) is 0.345. The summed E-state index contributed by atoms with van der Waals surface area (Å²) >= 11 is 6.38. The summed E-state index contributed by atoms with van der Waals surface area (Å²) in [5.74, 6) is -0.0967. The number of aliphatic imine (C=N–C) groups is 1. The minimum absolute atomic E-state index is 0.0858. The molecule has 0 bridgehead atoms. The summed E-state index contributed by atoms with van der Waals surface area (Å²) in [6.45, 7) is 2.17. The lowest BCUT2D eigenvalue weighted by molar-refractivity contribution is 0.00142. The van der Waals surface area contributed by atoms with E-state index >= 15 is 4.39 Å². The van der Waals surface area contributed by atoms with Gasteiger partial charge in [0.15, 0.2) is 5.82 Å². The zero-order valence-corrected chi connectivity index (χ0v) is 26.3. The smallest absolute Gasteiger partial charge is 0.409 e. The zero-order chi connectivity index (χ0) is 32.0. The summed E-state index contributed by atoms with van der Waals surface area (Å²) in [6, 6.07) is 3.17. The fraction of sp³-hybridized carbons (Fsp3) is 0.548. The number of aliphatic hydroxyl groups is 1. The molecule has 6 heterocycles. The molecule has 4 aliphatic rings. The number of carbonyl (C=O) groups is 1. The van der Waals surface area contributed by atoms with E-state index < -0.39 is 30.0 Å². The van der Waals surface area contributed by atoms with Gasteiger partial charge in [0.2, 0.25) is 6.35 Å². The van der Waals surface area contributed by atoms with Crippen molar-refractivity contribution in [1.29, 1.82) is 0 Å². The number of piperidine rings is 1. The molecule has 2 aromatic heterocycles. The number of fused-ring (bicyclic) bond motifs is 3. The predicted molar refractivity (Wildman–Crippen MR) is 168 cm³/mol. The number of likely N-dealkylation sites (N-methyl/N-ethyl adjacent to an activating group) is 1. The van der Waals surface area contributed by atoms with Crippen molar-refractivity contribution in [1.82, 2.24) is 29.9 Å². The second kappa shape index (κ2) is 12.5. The molecule has 0 saturated carbocycles. The Labute approximate surface area is 269 Å². The maximum absolute atomic E-state index is 16.7. The van der Waals surface area contributed by atoms with Crippen LogP contribution in [0.3, 0.4) is 0 Å². The lowest BCUT2D eigenvalue weighted by Crippen LogP contribution is -2.52. The van der Waals surface area contributed by atoms with Crippen LogP contribution in [0.5, 0.6) is 0 Å². The fourth-order valence-corrected chi connectivity index (χ4v) is 7.61. The number of carbonyl (C=O) groups excluding carboxylic acids is 1. The molecule has 3 aromatic rings. The highest BCUT2D eigenvalue weighted by atomic mass is 35.5. The molecule has 3 fully saturated rings. The summed E-state index contributed by atoms with van der Waals surface area (Å²) in [4.78, 5) is 27.8. The number of amidine groups is 1. The number of alkyl halides is 1. The number of likely N-dealkylation sites (tertiary alicyclic amines) is 1. The minimum Gasteiger partial charge on any atom is -0.447 e. The monoisotopic (exact) mass is 658 g/mol. The largest absolute Gasteiger partial charge is 0.447 e. The molecule has 0 aliphatic carbocycles. The van der Waals surface area contributed by atoms with Crippen LogP contribution in [0, 0.1) is 5.82 Å². The SMILES string of the molecule is CN(C(=O)OCCO)[C@@H]1CCCN(C2=NC(OC[C@@]34CCCN3C[C@H](F)C4)Nc3c2cnc(-c2cc(Cl)cc4[nH]ncc24)c3F)C1. The van der Waals surface area contributed by atoms with Crippen molar-refractivity contribution in [3.63, 3.8) is 0 Å². The highest BCUT2D eigenvalue weighted by Crippen LogP contribution is 2.41. The molecular formula is C31H37ClF2N8O4. The second-order valence-electron chi connectivity index (χ2n) is 12.5. The number of hydrogen-bond acceptors (Lipinski definition) is 10. The van der Waals surface area contributed by atoms with Crippen molar-refractivity contribution in [3.05, 3.63) is 40.9 Å². The predicted octanol–water partition coefficient (Wildman–Crippen LogP) is 3.99. The highest BCUT2D eigenvalue weighted by molar-refractivity contribution is 6.31. The van der Waals surface area contributed by atoms with Crippen LogP contribution in [0.4, 0.5) is 19.3 Å². The molecule has 4 atom stereocenters. The maximum atomic E-state index is 16.7. The van der Waals surface area contributed by atoms with Gasteiger partial charge in [-0.25, -0.2) is 18.6 Å². The number of amides is 1.